The van der Waals surface area contributed by atoms with Crippen molar-refractivity contribution in [2.24, 2.45) is 0 Å². The van der Waals surface area contributed by atoms with Gasteiger partial charge in [-0.2, -0.15) is 0 Å². The van der Waals surface area contributed by atoms with Gasteiger partial charge in [-0.25, -0.2) is 0 Å². The number of anilines is 2. The lowest BCUT2D eigenvalue weighted by atomic mass is 9.71. The van der Waals surface area contributed by atoms with Crippen molar-refractivity contribution in [2.75, 3.05) is 10.6 Å². The molecule has 8 heteroatoms. The summed E-state index contributed by atoms with van der Waals surface area (Å²) in [6.07, 6.45) is -0.135. The number of nitrogens with zero attached hydrogens (tertiary/aromatic N) is 1. The van der Waals surface area contributed by atoms with E-state index in [0.29, 0.717) is 22.1 Å². The molecule has 1 atom stereocenters. The first kappa shape index (κ1) is 15.0. The zero-order chi connectivity index (χ0) is 17.2. The molecule has 2 aliphatic rings. The molecule has 4 rings (SSSR count). The number of benzene rings is 1. The summed E-state index contributed by atoms with van der Waals surface area (Å²) >= 11 is 6.10. The molecule has 2 aromatic rings. The molecule has 1 aromatic heterocycles. The summed E-state index contributed by atoms with van der Waals surface area (Å²) in [5, 5.41) is 8.67. The van der Waals surface area contributed by atoms with Crippen LogP contribution in [0.5, 0.6) is 0 Å². The number of aromatic amines is 1. The number of H-pyrrole nitrogens is 1. The van der Waals surface area contributed by atoms with E-state index < -0.39 is 5.41 Å². The maximum atomic E-state index is 12.9. The summed E-state index contributed by atoms with van der Waals surface area (Å²) in [6, 6.07) is 4.90. The molecule has 2 aliphatic heterocycles. The molecule has 0 bridgehead atoms. The Morgan fingerprint density at radius 1 is 1.21 bits per heavy atom. The number of hydrogen-bond acceptors (Lipinski definition) is 3. The van der Waals surface area contributed by atoms with Crippen LogP contribution in [0.3, 0.4) is 0 Å². The number of rotatable bonds is 1. The highest BCUT2D eigenvalue weighted by Crippen LogP contribution is 2.49. The predicted octanol–water partition coefficient (Wildman–Crippen LogP) is 1.99. The van der Waals surface area contributed by atoms with Crippen molar-refractivity contribution in [3.63, 3.8) is 0 Å². The van der Waals surface area contributed by atoms with E-state index in [1.807, 2.05) is 13.8 Å². The van der Waals surface area contributed by atoms with Gasteiger partial charge in [-0.05, 0) is 37.6 Å². The zero-order valence-corrected chi connectivity index (χ0v) is 13.8. The summed E-state index contributed by atoms with van der Waals surface area (Å²) in [6.45, 7) is 3.76. The summed E-state index contributed by atoms with van der Waals surface area (Å²) in [7, 11) is 0. The predicted molar refractivity (Wildman–Crippen MR) is 89.5 cm³/mol. The van der Waals surface area contributed by atoms with E-state index >= 15 is 0 Å². The highest BCUT2D eigenvalue weighted by molar-refractivity contribution is 6.31. The van der Waals surface area contributed by atoms with Gasteiger partial charge in [-0.3, -0.25) is 24.2 Å². The highest BCUT2D eigenvalue weighted by Gasteiger charge is 2.55. The van der Waals surface area contributed by atoms with Crippen LogP contribution in [-0.4, -0.2) is 21.6 Å². The zero-order valence-electron chi connectivity index (χ0n) is 13.1. The molecule has 124 valence electrons. The minimum atomic E-state index is -1.36. The van der Waals surface area contributed by atoms with Crippen LogP contribution in [-0.2, 0) is 15.0 Å². The van der Waals surface area contributed by atoms with Gasteiger partial charge in [0.2, 0.25) is 11.8 Å². The molecule has 0 radical (unpaired) electrons. The summed E-state index contributed by atoms with van der Waals surface area (Å²) in [5.41, 5.74) is -0.355. The number of carbonyl (C=O) groups excluding carboxylic acids is 2. The molecule has 3 N–H and O–H groups in total. The number of aromatic nitrogens is 2. The third-order valence-electron chi connectivity index (χ3n) is 4.63. The van der Waals surface area contributed by atoms with Crippen molar-refractivity contribution in [2.45, 2.75) is 31.7 Å². The molecule has 24 heavy (non-hydrogen) atoms. The second-order valence-corrected chi connectivity index (χ2v) is 6.84. The van der Waals surface area contributed by atoms with Crippen LogP contribution < -0.4 is 16.2 Å². The molecule has 3 heterocycles. The van der Waals surface area contributed by atoms with Crippen LogP contribution in [0, 0.1) is 0 Å². The molecule has 0 aliphatic carbocycles. The Morgan fingerprint density at radius 2 is 1.96 bits per heavy atom. The number of fused-ring (bicyclic) bond motifs is 4. The minimum absolute atomic E-state index is 0.0832. The molecule has 0 fully saturated rings. The second-order valence-electron chi connectivity index (χ2n) is 6.40. The van der Waals surface area contributed by atoms with Gasteiger partial charge in [0.05, 0.1) is 12.0 Å². The van der Waals surface area contributed by atoms with Crippen LogP contribution in [0.2, 0.25) is 5.02 Å². The van der Waals surface area contributed by atoms with Gasteiger partial charge in [0.1, 0.15) is 11.2 Å². The van der Waals surface area contributed by atoms with Crippen LogP contribution in [0.1, 0.15) is 37.4 Å². The number of carbonyl (C=O) groups is 2. The molecule has 0 saturated carbocycles. The fourth-order valence-corrected chi connectivity index (χ4v) is 3.79. The van der Waals surface area contributed by atoms with Crippen LogP contribution in [0.25, 0.3) is 0 Å². The van der Waals surface area contributed by atoms with E-state index in [1.165, 1.54) is 0 Å². The molecular formula is C16H15ClN4O3. The highest BCUT2D eigenvalue weighted by atomic mass is 35.5. The number of halogens is 1. The van der Waals surface area contributed by atoms with Gasteiger partial charge in [0, 0.05) is 16.8 Å². The Morgan fingerprint density at radius 3 is 2.67 bits per heavy atom. The Bertz CT molecular complexity index is 959. The van der Waals surface area contributed by atoms with Crippen molar-refractivity contribution in [3.05, 3.63) is 44.7 Å². The summed E-state index contributed by atoms with van der Waals surface area (Å²) in [4.78, 5) is 37.9. The SMILES string of the molecule is CC(C)n1[nH]c(=O)c2c1NC(=O)C[C@]21C(=O)Nc2ccc(Cl)cc21. The van der Waals surface area contributed by atoms with Crippen molar-refractivity contribution >= 4 is 34.9 Å². The van der Waals surface area contributed by atoms with Gasteiger partial charge >= 0.3 is 0 Å². The third kappa shape index (κ3) is 1.76. The number of amides is 2. The normalized spacial score (nSPS) is 21.7. The van der Waals surface area contributed by atoms with Gasteiger partial charge in [-0.1, -0.05) is 11.6 Å². The standard InChI is InChI=1S/C16H15ClN4O3/c1-7(2)21-13-12(14(23)20-21)16(6-11(22)19-13)9-5-8(17)3-4-10(9)18-15(16)24/h3-5,7H,6H2,1-2H3,(H,18,24)(H,19,22)(H,20,23)/t16-/m1/s1. The van der Waals surface area contributed by atoms with Crippen molar-refractivity contribution < 1.29 is 9.59 Å². The average molecular weight is 347 g/mol. The van der Waals surface area contributed by atoms with Crippen molar-refractivity contribution in [1.82, 2.24) is 9.78 Å². The maximum Gasteiger partial charge on any atom is 0.270 e. The smallest absolute Gasteiger partial charge is 0.270 e. The molecule has 2 amide bonds. The Labute approximate surface area is 142 Å². The van der Waals surface area contributed by atoms with Gasteiger partial charge in [0.15, 0.2) is 0 Å². The topological polar surface area (TPSA) is 96.0 Å². The Hall–Kier alpha value is -2.54. The fourth-order valence-electron chi connectivity index (χ4n) is 3.61. The van der Waals surface area contributed by atoms with E-state index in [9.17, 15) is 14.4 Å². The molecule has 1 aromatic carbocycles. The Kier molecular flexibility index (Phi) is 2.96. The number of hydrogen-bond donors (Lipinski definition) is 3. The van der Waals surface area contributed by atoms with Crippen molar-refractivity contribution in [1.29, 1.82) is 0 Å². The Balaban J connectivity index is 2.09. The molecule has 0 saturated heterocycles. The maximum absolute atomic E-state index is 12.9. The number of nitrogens with one attached hydrogen (secondary N) is 3. The second kappa shape index (κ2) is 4.73. The average Bonchev–Trinajstić information content (AvgIpc) is 2.97. The van der Waals surface area contributed by atoms with Gasteiger partial charge < -0.3 is 10.6 Å². The third-order valence-corrected chi connectivity index (χ3v) is 4.87. The first-order chi connectivity index (χ1) is 11.3. The minimum Gasteiger partial charge on any atom is -0.325 e. The molecule has 1 spiro atoms. The summed E-state index contributed by atoms with van der Waals surface area (Å²) < 4.78 is 1.58. The summed E-state index contributed by atoms with van der Waals surface area (Å²) in [5.74, 6) is -0.365. The van der Waals surface area contributed by atoms with E-state index in [1.54, 1.807) is 22.9 Å². The van der Waals surface area contributed by atoms with E-state index in [0.717, 1.165) is 0 Å². The van der Waals surface area contributed by atoms with Crippen molar-refractivity contribution in [3.8, 4) is 0 Å². The lowest BCUT2D eigenvalue weighted by Gasteiger charge is -2.31. The van der Waals surface area contributed by atoms with Crippen LogP contribution in [0.4, 0.5) is 11.5 Å². The monoisotopic (exact) mass is 346 g/mol. The molecular weight excluding hydrogens is 332 g/mol. The van der Waals surface area contributed by atoms with E-state index in [4.69, 9.17) is 11.6 Å². The van der Waals surface area contributed by atoms with Crippen LogP contribution >= 0.6 is 11.6 Å². The van der Waals surface area contributed by atoms with Crippen LogP contribution in [0.15, 0.2) is 23.0 Å². The first-order valence-corrected chi connectivity index (χ1v) is 7.98. The van der Waals surface area contributed by atoms with Gasteiger partial charge in [0.25, 0.3) is 5.56 Å². The lowest BCUT2D eigenvalue weighted by molar-refractivity contribution is -0.125. The van der Waals surface area contributed by atoms with E-state index in [-0.39, 0.29) is 35.4 Å². The quantitative estimate of drug-likeness (QED) is 0.736. The molecule has 0 unspecified atom stereocenters. The fraction of sp³-hybridized carbons (Fsp3) is 0.312. The molecule has 7 nitrogen and oxygen atoms in total. The van der Waals surface area contributed by atoms with Gasteiger partial charge in [-0.15, -0.1) is 0 Å². The van der Waals surface area contributed by atoms with E-state index in [2.05, 4.69) is 15.7 Å². The first-order valence-electron chi connectivity index (χ1n) is 7.61. The largest absolute Gasteiger partial charge is 0.325 e. The lowest BCUT2D eigenvalue weighted by Crippen LogP contribution is -2.46.